The van der Waals surface area contributed by atoms with Gasteiger partial charge in [-0.3, -0.25) is 14.3 Å². The molecule has 0 fully saturated rings. The number of ether oxygens (including phenoxy) is 2. The molecule has 0 N–H and O–H groups in total. The number of carbonyl (C=O) groups excluding carboxylic acids is 2. The molecule has 17 heteroatoms. The number of rotatable bonds is 8. The Morgan fingerprint density at radius 2 is 1.00 bits per heavy atom. The van der Waals surface area contributed by atoms with Crippen LogP contribution in [0.4, 0.5) is 57.1 Å². The molecule has 0 saturated heterocycles. The first kappa shape index (κ1) is 28.3. The third kappa shape index (κ3) is 5.95. The quantitative estimate of drug-likeness (QED) is 0.357. The van der Waals surface area contributed by atoms with Gasteiger partial charge >= 0.3 is 36.5 Å². The first-order valence-electron chi connectivity index (χ1n) is 7.14. The molecule has 0 amide bonds. The summed E-state index contributed by atoms with van der Waals surface area (Å²) in [5.74, 6) is -18.8. The van der Waals surface area contributed by atoms with E-state index in [-0.39, 0.29) is 0 Å². The molecule has 1 atom stereocenters. The molecule has 30 heavy (non-hydrogen) atoms. The van der Waals surface area contributed by atoms with Crippen molar-refractivity contribution in [2.75, 3.05) is 0 Å². The lowest BCUT2D eigenvalue weighted by atomic mass is 9.87. The van der Waals surface area contributed by atoms with Gasteiger partial charge in [0.2, 0.25) is 5.78 Å². The van der Waals surface area contributed by atoms with Gasteiger partial charge in [-0.1, -0.05) is 20.8 Å². The van der Waals surface area contributed by atoms with Gasteiger partial charge in [0.05, 0.1) is 6.42 Å². The molecule has 0 bridgehead atoms. The van der Waals surface area contributed by atoms with Gasteiger partial charge in [0, 0.05) is 5.41 Å². The third-order valence-corrected chi connectivity index (χ3v) is 3.12. The highest BCUT2D eigenvalue weighted by atomic mass is 19.4. The molecule has 0 rings (SSSR count). The second-order valence-corrected chi connectivity index (χ2v) is 6.62. The number of Topliss-reactive ketones (excluding diaryl/α,β-unsaturated/α-hetero) is 2. The van der Waals surface area contributed by atoms with Crippen LogP contribution in [-0.2, 0) is 19.1 Å². The summed E-state index contributed by atoms with van der Waals surface area (Å²) in [6.07, 6.45) is -30.5. The average molecular weight is 478 g/mol. The van der Waals surface area contributed by atoms with Crippen molar-refractivity contribution in [1.29, 1.82) is 0 Å². The molecule has 0 aliphatic carbocycles. The maximum atomic E-state index is 14.0. The van der Waals surface area contributed by atoms with E-state index < -0.39 is 59.9 Å². The first-order chi connectivity index (χ1) is 12.7. The van der Waals surface area contributed by atoms with Gasteiger partial charge < -0.3 is 0 Å². The Balaban J connectivity index is 6.18. The van der Waals surface area contributed by atoms with Crippen LogP contribution in [0.1, 0.15) is 27.2 Å². The Labute approximate surface area is 158 Å². The minimum atomic E-state index is -7.58. The summed E-state index contributed by atoms with van der Waals surface area (Å²) < 4.78 is 170. The van der Waals surface area contributed by atoms with Crippen molar-refractivity contribution in [2.24, 2.45) is 5.41 Å². The van der Waals surface area contributed by atoms with Crippen LogP contribution in [0.5, 0.6) is 0 Å². The standard InChI is InChI=1S/C13H11F13O4/c1-7(2,3)5(27)4-6(28)8(14,10(17,18)19)29-11(20,21)9(15,16)12(22,23)30-13(24,25)26/h4H2,1-3H3. The molecule has 0 aromatic rings. The van der Waals surface area contributed by atoms with Crippen molar-refractivity contribution in [2.45, 2.75) is 63.7 Å². The van der Waals surface area contributed by atoms with Crippen LogP contribution in [0.15, 0.2) is 0 Å². The summed E-state index contributed by atoms with van der Waals surface area (Å²) in [5, 5.41) is 0. The van der Waals surface area contributed by atoms with Gasteiger partial charge in [-0.15, -0.1) is 13.2 Å². The highest BCUT2D eigenvalue weighted by Gasteiger charge is 2.80. The summed E-state index contributed by atoms with van der Waals surface area (Å²) in [5.41, 5.74) is -1.68. The van der Waals surface area contributed by atoms with E-state index in [4.69, 9.17) is 0 Å². The normalized spacial score (nSPS) is 16.9. The second kappa shape index (κ2) is 7.80. The Bertz CT molecular complexity index is 659. The lowest BCUT2D eigenvalue weighted by Gasteiger charge is -2.36. The zero-order valence-electron chi connectivity index (χ0n) is 14.8. The Hall–Kier alpha value is -1.65. The van der Waals surface area contributed by atoms with E-state index in [9.17, 15) is 66.7 Å². The molecule has 0 heterocycles. The SMILES string of the molecule is CC(C)(C)C(=O)CC(=O)C(F)(OC(F)(F)C(F)(F)C(F)(F)OC(F)(F)F)C(F)(F)F. The number of hydrogen-bond acceptors (Lipinski definition) is 4. The summed E-state index contributed by atoms with van der Waals surface area (Å²) in [6.45, 7) is 2.90. The molecule has 0 spiro atoms. The minimum absolute atomic E-state index is 0.967. The van der Waals surface area contributed by atoms with Gasteiger partial charge in [0.15, 0.2) is 0 Å². The molecule has 4 nitrogen and oxygen atoms in total. The highest BCUT2D eigenvalue weighted by Crippen LogP contribution is 2.52. The molecule has 0 aromatic heterocycles. The molecule has 178 valence electrons. The van der Waals surface area contributed by atoms with Gasteiger partial charge in [-0.25, -0.2) is 4.74 Å². The molecule has 1 unspecified atom stereocenters. The highest BCUT2D eigenvalue weighted by molar-refractivity contribution is 6.04. The van der Waals surface area contributed by atoms with Crippen molar-refractivity contribution < 1.29 is 76.1 Å². The predicted octanol–water partition coefficient (Wildman–Crippen LogP) is 5.16. The van der Waals surface area contributed by atoms with Crippen LogP contribution in [-0.4, -0.2) is 48.1 Å². The topological polar surface area (TPSA) is 52.6 Å². The van der Waals surface area contributed by atoms with Crippen LogP contribution < -0.4 is 0 Å². The van der Waals surface area contributed by atoms with Crippen molar-refractivity contribution in [1.82, 2.24) is 0 Å². The van der Waals surface area contributed by atoms with Gasteiger partial charge in [0.1, 0.15) is 5.78 Å². The molecular formula is C13H11F13O4. The van der Waals surface area contributed by atoms with E-state index in [0.29, 0.717) is 0 Å². The lowest BCUT2D eigenvalue weighted by Crippen LogP contribution is -2.63. The summed E-state index contributed by atoms with van der Waals surface area (Å²) in [6, 6.07) is 0. The van der Waals surface area contributed by atoms with Crippen molar-refractivity contribution in [3.05, 3.63) is 0 Å². The zero-order chi connectivity index (χ0) is 24.8. The monoisotopic (exact) mass is 478 g/mol. The number of hydrogen-bond donors (Lipinski definition) is 0. The maximum absolute atomic E-state index is 14.0. The molecular weight excluding hydrogens is 467 g/mol. The molecule has 0 aliphatic heterocycles. The Morgan fingerprint density at radius 3 is 1.30 bits per heavy atom. The van der Waals surface area contributed by atoms with E-state index >= 15 is 0 Å². The van der Waals surface area contributed by atoms with E-state index in [2.05, 4.69) is 0 Å². The zero-order valence-corrected chi connectivity index (χ0v) is 14.8. The summed E-state index contributed by atoms with van der Waals surface area (Å²) in [7, 11) is 0. The van der Waals surface area contributed by atoms with Crippen LogP contribution in [0.3, 0.4) is 0 Å². The fourth-order valence-electron chi connectivity index (χ4n) is 1.42. The van der Waals surface area contributed by atoms with Crippen LogP contribution in [0.25, 0.3) is 0 Å². The molecule has 0 aliphatic rings. The van der Waals surface area contributed by atoms with Crippen LogP contribution in [0, 0.1) is 5.41 Å². The number of ketones is 2. The minimum Gasteiger partial charge on any atom is -0.299 e. The fraction of sp³-hybridized carbons (Fsp3) is 0.846. The first-order valence-corrected chi connectivity index (χ1v) is 7.14. The van der Waals surface area contributed by atoms with Crippen molar-refractivity contribution in [3.8, 4) is 0 Å². The molecule has 0 radical (unpaired) electrons. The Morgan fingerprint density at radius 1 is 0.633 bits per heavy atom. The predicted molar refractivity (Wildman–Crippen MR) is 67.0 cm³/mol. The maximum Gasteiger partial charge on any atom is 0.527 e. The molecule has 0 aromatic carbocycles. The van der Waals surface area contributed by atoms with Crippen molar-refractivity contribution >= 4 is 11.6 Å². The second-order valence-electron chi connectivity index (χ2n) is 6.62. The van der Waals surface area contributed by atoms with Crippen LogP contribution in [0.2, 0.25) is 0 Å². The summed E-state index contributed by atoms with van der Waals surface area (Å²) in [4.78, 5) is 23.0. The Kier molecular flexibility index (Phi) is 7.37. The van der Waals surface area contributed by atoms with Gasteiger partial charge in [-0.2, -0.15) is 43.9 Å². The van der Waals surface area contributed by atoms with E-state index in [1.165, 1.54) is 4.74 Å². The average Bonchev–Trinajstić information content (AvgIpc) is 2.41. The van der Waals surface area contributed by atoms with Gasteiger partial charge in [0.25, 0.3) is 0 Å². The van der Waals surface area contributed by atoms with E-state index in [1.54, 1.807) is 0 Å². The molecule has 0 saturated carbocycles. The number of halogens is 13. The van der Waals surface area contributed by atoms with E-state index in [0.717, 1.165) is 20.8 Å². The summed E-state index contributed by atoms with van der Waals surface area (Å²) >= 11 is 0. The van der Waals surface area contributed by atoms with E-state index in [1.807, 2.05) is 4.74 Å². The third-order valence-electron chi connectivity index (χ3n) is 3.12. The number of carbonyl (C=O) groups is 2. The van der Waals surface area contributed by atoms with Crippen molar-refractivity contribution in [3.63, 3.8) is 0 Å². The largest absolute Gasteiger partial charge is 0.527 e. The fourth-order valence-corrected chi connectivity index (χ4v) is 1.42. The van der Waals surface area contributed by atoms with Gasteiger partial charge in [-0.05, 0) is 0 Å². The van der Waals surface area contributed by atoms with Crippen LogP contribution >= 0.6 is 0 Å². The smallest absolute Gasteiger partial charge is 0.299 e. The number of alkyl halides is 13. The lowest BCUT2D eigenvalue weighted by molar-refractivity contribution is -0.523.